The molecular formula is C10H20NO. The van der Waals surface area contributed by atoms with Gasteiger partial charge in [0.1, 0.15) is 0 Å². The first kappa shape index (κ1) is 10.0. The molecule has 0 aromatic heterocycles. The summed E-state index contributed by atoms with van der Waals surface area (Å²) < 4.78 is 0. The largest absolute Gasteiger partial charge is 0.387 e. The van der Waals surface area contributed by atoms with Crippen LogP contribution in [0.4, 0.5) is 0 Å². The summed E-state index contributed by atoms with van der Waals surface area (Å²) in [4.78, 5) is 0. The van der Waals surface area contributed by atoms with E-state index in [9.17, 15) is 5.11 Å². The van der Waals surface area contributed by atoms with E-state index in [-0.39, 0.29) is 0 Å². The molecule has 1 aliphatic rings. The normalized spacial score (nSPS) is 20.2. The summed E-state index contributed by atoms with van der Waals surface area (Å²) in [6.45, 7) is 0.691. The Morgan fingerprint density at radius 2 is 1.92 bits per heavy atom. The fraction of sp³-hybridized carbons (Fsp3) is 0.900. The predicted octanol–water partition coefficient (Wildman–Crippen LogP) is 2.21. The molecule has 1 saturated carbocycles. The molecular weight excluding hydrogens is 150 g/mol. The lowest BCUT2D eigenvalue weighted by Crippen LogP contribution is -2.16. The van der Waals surface area contributed by atoms with Gasteiger partial charge in [0.15, 0.2) is 0 Å². The van der Waals surface area contributed by atoms with Crippen molar-refractivity contribution in [1.29, 1.82) is 0 Å². The van der Waals surface area contributed by atoms with Gasteiger partial charge in [-0.1, -0.05) is 19.3 Å². The van der Waals surface area contributed by atoms with Crippen LogP contribution in [0.15, 0.2) is 0 Å². The first-order valence-corrected chi connectivity index (χ1v) is 5.09. The van der Waals surface area contributed by atoms with Crippen molar-refractivity contribution in [3.05, 3.63) is 6.10 Å². The second-order valence-electron chi connectivity index (χ2n) is 3.72. The van der Waals surface area contributed by atoms with E-state index in [1.54, 1.807) is 0 Å². The van der Waals surface area contributed by atoms with E-state index in [2.05, 4.69) is 0 Å². The van der Waals surface area contributed by atoms with Gasteiger partial charge in [0.2, 0.25) is 0 Å². The predicted molar refractivity (Wildman–Crippen MR) is 50.0 cm³/mol. The van der Waals surface area contributed by atoms with Gasteiger partial charge in [-0.3, -0.25) is 0 Å². The minimum atomic E-state index is 0.491. The van der Waals surface area contributed by atoms with Crippen LogP contribution in [-0.4, -0.2) is 11.7 Å². The molecule has 71 valence electrons. The van der Waals surface area contributed by atoms with E-state index in [0.29, 0.717) is 18.6 Å². The highest BCUT2D eigenvalue weighted by Crippen LogP contribution is 2.31. The van der Waals surface area contributed by atoms with Crippen molar-refractivity contribution in [2.45, 2.75) is 44.9 Å². The van der Waals surface area contributed by atoms with Crippen molar-refractivity contribution in [1.82, 2.24) is 0 Å². The quantitative estimate of drug-likeness (QED) is 0.679. The third-order valence-electron chi connectivity index (χ3n) is 2.71. The molecule has 0 spiro atoms. The van der Waals surface area contributed by atoms with E-state index in [1.807, 2.05) is 0 Å². The van der Waals surface area contributed by atoms with Crippen LogP contribution in [0.25, 0.3) is 0 Å². The lowest BCUT2D eigenvalue weighted by molar-refractivity contribution is 0.178. The number of aliphatic hydroxyl groups excluding tert-OH is 1. The second-order valence-corrected chi connectivity index (χ2v) is 3.72. The van der Waals surface area contributed by atoms with Gasteiger partial charge in [0, 0.05) is 0 Å². The number of hydrogen-bond acceptors (Lipinski definition) is 2. The molecule has 1 aliphatic carbocycles. The van der Waals surface area contributed by atoms with Crippen molar-refractivity contribution < 1.29 is 5.11 Å². The fourth-order valence-corrected chi connectivity index (χ4v) is 1.92. The molecule has 3 N–H and O–H groups in total. The Bertz CT molecular complexity index is 110. The van der Waals surface area contributed by atoms with Gasteiger partial charge in [0.05, 0.1) is 6.10 Å². The minimum absolute atomic E-state index is 0.491. The third-order valence-corrected chi connectivity index (χ3v) is 2.71. The summed E-state index contributed by atoms with van der Waals surface area (Å²) >= 11 is 0. The summed E-state index contributed by atoms with van der Waals surface area (Å²) in [6, 6.07) is 0. The first-order valence-electron chi connectivity index (χ1n) is 5.09. The lowest BCUT2D eigenvalue weighted by atomic mass is 9.84. The smallest absolute Gasteiger partial charge is 0.0964 e. The number of aliphatic hydroxyl groups is 1. The van der Waals surface area contributed by atoms with Gasteiger partial charge in [-0.2, -0.15) is 0 Å². The Balaban J connectivity index is 2.15. The number of rotatable bonds is 4. The van der Waals surface area contributed by atoms with Gasteiger partial charge < -0.3 is 10.8 Å². The van der Waals surface area contributed by atoms with Crippen LogP contribution in [0.2, 0.25) is 0 Å². The molecule has 0 bridgehead atoms. The first-order chi connectivity index (χ1) is 5.84. The Labute approximate surface area is 75.2 Å². The van der Waals surface area contributed by atoms with Crippen LogP contribution in [-0.2, 0) is 0 Å². The average molecular weight is 170 g/mol. The molecule has 0 aromatic carbocycles. The van der Waals surface area contributed by atoms with Crippen molar-refractivity contribution in [2.75, 3.05) is 6.54 Å². The van der Waals surface area contributed by atoms with Crippen molar-refractivity contribution in [3.63, 3.8) is 0 Å². The summed E-state index contributed by atoms with van der Waals surface area (Å²) in [5.41, 5.74) is 5.38. The standard InChI is InChI=1S/C10H20NO/c11-8-4-7-10(12)9-5-2-1-3-6-9/h9,12H,1-8,11H2. The van der Waals surface area contributed by atoms with Gasteiger partial charge in [-0.15, -0.1) is 0 Å². The second kappa shape index (κ2) is 5.55. The summed E-state index contributed by atoms with van der Waals surface area (Å²) in [6.07, 6.45) is 8.77. The monoisotopic (exact) mass is 170 g/mol. The van der Waals surface area contributed by atoms with Crippen molar-refractivity contribution >= 4 is 0 Å². The highest BCUT2D eigenvalue weighted by atomic mass is 16.3. The molecule has 1 rings (SSSR count). The van der Waals surface area contributed by atoms with Crippen LogP contribution in [0.3, 0.4) is 0 Å². The van der Waals surface area contributed by atoms with Crippen molar-refractivity contribution in [3.8, 4) is 0 Å². The topological polar surface area (TPSA) is 46.2 Å². The molecule has 0 heterocycles. The molecule has 1 radical (unpaired) electrons. The fourth-order valence-electron chi connectivity index (χ4n) is 1.92. The van der Waals surface area contributed by atoms with E-state index in [1.165, 1.54) is 32.1 Å². The van der Waals surface area contributed by atoms with E-state index < -0.39 is 0 Å². The SMILES string of the molecule is NCCC[C](O)C1CCCCC1. The van der Waals surface area contributed by atoms with Crippen LogP contribution >= 0.6 is 0 Å². The molecule has 0 aromatic rings. The Kier molecular flexibility index (Phi) is 4.62. The average Bonchev–Trinajstić information content (AvgIpc) is 2.15. The zero-order valence-electron chi connectivity index (χ0n) is 7.76. The zero-order valence-corrected chi connectivity index (χ0v) is 7.76. The molecule has 2 heteroatoms. The maximum absolute atomic E-state index is 9.67. The Hall–Kier alpha value is -0.0800. The molecule has 0 amide bonds. The molecule has 1 fully saturated rings. The molecule has 0 atom stereocenters. The maximum atomic E-state index is 9.67. The van der Waals surface area contributed by atoms with Crippen LogP contribution in [0, 0.1) is 12.0 Å². The minimum Gasteiger partial charge on any atom is -0.387 e. The summed E-state index contributed by atoms with van der Waals surface area (Å²) in [5.74, 6) is 0.491. The van der Waals surface area contributed by atoms with E-state index in [4.69, 9.17) is 5.73 Å². The highest BCUT2D eigenvalue weighted by Gasteiger charge is 2.21. The summed E-state index contributed by atoms with van der Waals surface area (Å²) in [7, 11) is 0. The molecule has 2 nitrogen and oxygen atoms in total. The Morgan fingerprint density at radius 1 is 1.25 bits per heavy atom. The number of hydrogen-bond donors (Lipinski definition) is 2. The van der Waals surface area contributed by atoms with Crippen molar-refractivity contribution in [2.24, 2.45) is 11.7 Å². The number of nitrogens with two attached hydrogens (primary N) is 1. The molecule has 0 aliphatic heterocycles. The van der Waals surface area contributed by atoms with Gasteiger partial charge in [-0.05, 0) is 38.1 Å². The zero-order chi connectivity index (χ0) is 8.81. The van der Waals surface area contributed by atoms with E-state index >= 15 is 0 Å². The lowest BCUT2D eigenvalue weighted by Gasteiger charge is -2.25. The van der Waals surface area contributed by atoms with Gasteiger partial charge in [-0.25, -0.2) is 0 Å². The van der Waals surface area contributed by atoms with Gasteiger partial charge >= 0.3 is 0 Å². The van der Waals surface area contributed by atoms with E-state index in [0.717, 1.165) is 12.8 Å². The summed E-state index contributed by atoms with van der Waals surface area (Å²) in [5, 5.41) is 9.67. The molecule has 12 heavy (non-hydrogen) atoms. The highest BCUT2D eigenvalue weighted by molar-refractivity contribution is 4.86. The third kappa shape index (κ3) is 3.11. The van der Waals surface area contributed by atoms with Crippen LogP contribution in [0.5, 0.6) is 0 Å². The Morgan fingerprint density at radius 3 is 2.50 bits per heavy atom. The maximum Gasteiger partial charge on any atom is 0.0964 e. The molecule has 0 saturated heterocycles. The van der Waals surface area contributed by atoms with Crippen LogP contribution in [0.1, 0.15) is 44.9 Å². The van der Waals surface area contributed by atoms with Gasteiger partial charge in [0.25, 0.3) is 0 Å². The van der Waals surface area contributed by atoms with Crippen LogP contribution < -0.4 is 5.73 Å². The molecule has 0 unspecified atom stereocenters.